The summed E-state index contributed by atoms with van der Waals surface area (Å²) >= 11 is 0. The third kappa shape index (κ3) is 6.73. The summed E-state index contributed by atoms with van der Waals surface area (Å²) in [7, 11) is 0. The monoisotopic (exact) mass is 405 g/mol. The lowest BCUT2D eigenvalue weighted by Crippen LogP contribution is -3.28. The number of carbonyl (C=O) groups excluding carboxylic acids is 1. The Labute approximate surface area is 168 Å². The van der Waals surface area contributed by atoms with Gasteiger partial charge in [-0.2, -0.15) is 13.2 Å². The van der Waals surface area contributed by atoms with Crippen LogP contribution in [0.5, 0.6) is 0 Å². The van der Waals surface area contributed by atoms with E-state index in [1.54, 1.807) is 0 Å². The Kier molecular flexibility index (Phi) is 7.06. The van der Waals surface area contributed by atoms with Crippen molar-refractivity contribution < 1.29 is 27.8 Å². The fraction of sp³-hybridized carbons (Fsp3) is 0.318. The van der Waals surface area contributed by atoms with Gasteiger partial charge in [0.05, 0.1) is 12.1 Å². The van der Waals surface area contributed by atoms with Crippen molar-refractivity contribution in [2.24, 2.45) is 0 Å². The van der Waals surface area contributed by atoms with E-state index in [4.69, 9.17) is 0 Å². The molecule has 0 spiro atoms. The molecule has 0 aromatic heterocycles. The molecule has 29 heavy (non-hydrogen) atoms. The predicted octanol–water partition coefficient (Wildman–Crippen LogP) is 1.14. The molecule has 4 nitrogen and oxygen atoms in total. The zero-order chi connectivity index (χ0) is 20.7. The molecular weight excluding hydrogens is 379 g/mol. The Balaban J connectivity index is 1.39. The van der Waals surface area contributed by atoms with Crippen LogP contribution in [0.4, 0.5) is 18.9 Å². The van der Waals surface area contributed by atoms with Crippen LogP contribution in [0.2, 0.25) is 0 Å². The molecule has 1 aliphatic rings. The number of benzene rings is 2. The number of rotatable bonds is 6. The van der Waals surface area contributed by atoms with Crippen LogP contribution in [0, 0.1) is 0 Å². The van der Waals surface area contributed by atoms with E-state index in [1.807, 2.05) is 18.2 Å². The summed E-state index contributed by atoms with van der Waals surface area (Å²) in [5.74, 6) is -0.174. The van der Waals surface area contributed by atoms with Crippen molar-refractivity contribution in [1.29, 1.82) is 0 Å². The maximum absolute atomic E-state index is 12.6. The summed E-state index contributed by atoms with van der Waals surface area (Å²) < 4.78 is 37.8. The first kappa shape index (κ1) is 21.1. The lowest BCUT2D eigenvalue weighted by Gasteiger charge is -2.28. The van der Waals surface area contributed by atoms with E-state index >= 15 is 0 Å². The summed E-state index contributed by atoms with van der Waals surface area (Å²) in [6.45, 7) is 5.06. The van der Waals surface area contributed by atoms with E-state index in [9.17, 15) is 18.0 Å². The minimum absolute atomic E-state index is 0.174. The summed E-state index contributed by atoms with van der Waals surface area (Å²) in [4.78, 5) is 14.9. The molecule has 0 radical (unpaired) electrons. The number of anilines is 1. The second-order valence-corrected chi connectivity index (χ2v) is 7.32. The van der Waals surface area contributed by atoms with Crippen molar-refractivity contribution in [2.75, 3.05) is 44.6 Å². The molecule has 3 N–H and O–H groups in total. The third-order valence-electron chi connectivity index (χ3n) is 5.09. The third-order valence-corrected chi connectivity index (χ3v) is 5.09. The Bertz CT molecular complexity index is 811. The van der Waals surface area contributed by atoms with Crippen LogP contribution in [-0.2, 0) is 11.0 Å². The summed E-state index contributed by atoms with van der Waals surface area (Å²) in [6, 6.07) is 14.7. The minimum atomic E-state index is -4.37. The normalized spacial score (nSPS) is 20.0. The van der Waals surface area contributed by atoms with Crippen LogP contribution < -0.4 is 15.1 Å². The zero-order valence-corrected chi connectivity index (χ0v) is 16.1. The number of piperazine rings is 1. The average molecular weight is 405 g/mol. The van der Waals surface area contributed by atoms with Crippen molar-refractivity contribution in [3.63, 3.8) is 0 Å². The summed E-state index contributed by atoms with van der Waals surface area (Å²) in [5.41, 5.74) is 0.857. The molecule has 1 saturated heterocycles. The van der Waals surface area contributed by atoms with E-state index < -0.39 is 11.7 Å². The van der Waals surface area contributed by atoms with Gasteiger partial charge >= 0.3 is 6.18 Å². The number of halogens is 3. The van der Waals surface area contributed by atoms with Gasteiger partial charge in [0, 0.05) is 5.69 Å². The Morgan fingerprint density at radius 3 is 2.17 bits per heavy atom. The lowest BCUT2D eigenvalue weighted by molar-refractivity contribution is -1.01. The molecule has 1 aliphatic heterocycles. The largest absolute Gasteiger partial charge is 0.416 e. The molecule has 1 fully saturated rings. The fourth-order valence-corrected chi connectivity index (χ4v) is 3.44. The molecule has 1 heterocycles. The van der Waals surface area contributed by atoms with E-state index in [0.29, 0.717) is 12.2 Å². The number of alkyl halides is 3. The number of hydrogen-bond donors (Lipinski definition) is 3. The van der Waals surface area contributed by atoms with Crippen LogP contribution in [0.1, 0.15) is 11.1 Å². The summed E-state index contributed by atoms with van der Waals surface area (Å²) in [6.07, 6.45) is -0.0539. The fourth-order valence-electron chi connectivity index (χ4n) is 3.44. The number of nitrogens with one attached hydrogen (secondary N) is 3. The first-order valence-corrected chi connectivity index (χ1v) is 9.76. The highest BCUT2D eigenvalue weighted by atomic mass is 19.4. The van der Waals surface area contributed by atoms with Gasteiger partial charge in [-0.3, -0.25) is 4.79 Å². The van der Waals surface area contributed by atoms with Crippen molar-refractivity contribution >= 4 is 17.7 Å². The van der Waals surface area contributed by atoms with Gasteiger partial charge < -0.3 is 15.1 Å². The average Bonchev–Trinajstić information content (AvgIpc) is 2.70. The second kappa shape index (κ2) is 9.71. The van der Waals surface area contributed by atoms with Crippen molar-refractivity contribution in [1.82, 2.24) is 0 Å². The van der Waals surface area contributed by atoms with Gasteiger partial charge in [0.15, 0.2) is 6.54 Å². The quantitative estimate of drug-likeness (QED) is 0.663. The number of hydrogen-bond acceptors (Lipinski definition) is 1. The van der Waals surface area contributed by atoms with Gasteiger partial charge in [0.2, 0.25) is 0 Å². The van der Waals surface area contributed by atoms with Crippen molar-refractivity contribution in [2.45, 2.75) is 6.18 Å². The van der Waals surface area contributed by atoms with Gasteiger partial charge in [-0.25, -0.2) is 0 Å². The van der Waals surface area contributed by atoms with Crippen molar-refractivity contribution in [3.8, 4) is 0 Å². The predicted molar refractivity (Wildman–Crippen MR) is 107 cm³/mol. The zero-order valence-electron chi connectivity index (χ0n) is 16.1. The van der Waals surface area contributed by atoms with E-state index in [2.05, 4.69) is 29.6 Å². The molecule has 1 amide bonds. The molecule has 0 bridgehead atoms. The van der Waals surface area contributed by atoms with Crippen LogP contribution in [0.15, 0.2) is 60.7 Å². The molecule has 0 atom stereocenters. The first-order chi connectivity index (χ1) is 13.9. The molecular formula is C22H26F3N3O+2. The molecule has 0 saturated carbocycles. The molecule has 2 aromatic carbocycles. The molecule has 7 heteroatoms. The van der Waals surface area contributed by atoms with Crippen LogP contribution in [-0.4, -0.2) is 45.2 Å². The Morgan fingerprint density at radius 1 is 0.931 bits per heavy atom. The van der Waals surface area contributed by atoms with E-state index in [1.165, 1.54) is 27.5 Å². The Morgan fingerprint density at radius 2 is 1.55 bits per heavy atom. The smallest absolute Gasteiger partial charge is 0.322 e. The van der Waals surface area contributed by atoms with Crippen molar-refractivity contribution in [3.05, 3.63) is 71.8 Å². The van der Waals surface area contributed by atoms with E-state index in [-0.39, 0.29) is 5.91 Å². The number of carbonyl (C=O) groups is 1. The second-order valence-electron chi connectivity index (χ2n) is 7.32. The highest BCUT2D eigenvalue weighted by molar-refractivity contribution is 5.91. The van der Waals surface area contributed by atoms with Gasteiger partial charge in [-0.1, -0.05) is 36.4 Å². The van der Waals surface area contributed by atoms with Gasteiger partial charge in [0.1, 0.15) is 26.2 Å². The molecule has 154 valence electrons. The minimum Gasteiger partial charge on any atom is -0.322 e. The number of quaternary nitrogens is 2. The van der Waals surface area contributed by atoms with Gasteiger partial charge in [0.25, 0.3) is 5.91 Å². The maximum Gasteiger partial charge on any atom is 0.416 e. The topological polar surface area (TPSA) is 38.0 Å². The number of amides is 1. The molecule has 0 unspecified atom stereocenters. The first-order valence-electron chi connectivity index (χ1n) is 9.76. The van der Waals surface area contributed by atoms with Crippen LogP contribution in [0.3, 0.4) is 0 Å². The molecule has 2 aromatic rings. The van der Waals surface area contributed by atoms with Crippen LogP contribution >= 0.6 is 0 Å². The highest BCUT2D eigenvalue weighted by Crippen LogP contribution is 2.29. The lowest BCUT2D eigenvalue weighted by atomic mass is 10.2. The van der Waals surface area contributed by atoms with Crippen LogP contribution in [0.25, 0.3) is 6.08 Å². The standard InChI is InChI=1S/C22H24F3N3O/c23-22(24,25)19-8-10-20(11-9-19)26-21(29)17-28-15-13-27(14-16-28)12-4-7-18-5-2-1-3-6-18/h1-11H,12-17H2,(H,26,29)/p+2/b7-4+. The molecule has 3 rings (SSSR count). The maximum atomic E-state index is 12.6. The molecule has 0 aliphatic carbocycles. The van der Waals surface area contributed by atoms with Gasteiger partial charge in [-0.15, -0.1) is 0 Å². The SMILES string of the molecule is O=C(C[NH+]1CC[NH+](C/C=C/c2ccccc2)CC1)Nc1ccc(C(F)(F)F)cc1. The summed E-state index contributed by atoms with van der Waals surface area (Å²) in [5, 5.41) is 2.69. The Hall–Kier alpha value is -2.64. The highest BCUT2D eigenvalue weighted by Gasteiger charge is 2.30. The van der Waals surface area contributed by atoms with E-state index in [0.717, 1.165) is 44.9 Å². The van der Waals surface area contributed by atoms with Gasteiger partial charge in [-0.05, 0) is 35.9 Å².